The summed E-state index contributed by atoms with van der Waals surface area (Å²) in [6, 6.07) is 23.6. The molecule has 0 aliphatic rings. The second kappa shape index (κ2) is 14.1. The van der Waals surface area contributed by atoms with Gasteiger partial charge in [-0.25, -0.2) is 8.42 Å². The van der Waals surface area contributed by atoms with Crippen molar-refractivity contribution in [2.45, 2.75) is 65.6 Å². The maximum Gasteiger partial charge on any atom is 0.244 e. The van der Waals surface area contributed by atoms with Gasteiger partial charge in [0.15, 0.2) is 0 Å². The van der Waals surface area contributed by atoms with Crippen molar-refractivity contribution in [2.75, 3.05) is 17.1 Å². The SMILES string of the molecule is CCc1ccc(N(CC(=O)N(Cc2cccc(C)c2)[C@@H](Cc2ccccc2)C(=O)N[C@@H](C)CC)S(C)(=O)=O)cc1. The van der Waals surface area contributed by atoms with Gasteiger partial charge in [0, 0.05) is 19.0 Å². The monoisotopic (exact) mass is 563 g/mol. The Bertz CT molecular complexity index is 1370. The van der Waals surface area contributed by atoms with Crippen LogP contribution >= 0.6 is 0 Å². The number of carbonyl (C=O) groups excluding carboxylic acids is 2. The molecule has 0 saturated carbocycles. The van der Waals surface area contributed by atoms with Gasteiger partial charge in [-0.05, 0) is 55.5 Å². The Kier molecular flexibility index (Phi) is 10.9. The van der Waals surface area contributed by atoms with E-state index in [-0.39, 0.29) is 18.5 Å². The predicted octanol–water partition coefficient (Wildman–Crippen LogP) is 4.88. The molecule has 2 atom stereocenters. The van der Waals surface area contributed by atoms with Gasteiger partial charge in [-0.3, -0.25) is 13.9 Å². The number of aryl methyl sites for hydroxylation is 2. The van der Waals surface area contributed by atoms with Crippen LogP contribution in [0.5, 0.6) is 0 Å². The summed E-state index contributed by atoms with van der Waals surface area (Å²) < 4.78 is 26.9. The molecule has 0 heterocycles. The van der Waals surface area contributed by atoms with Crippen LogP contribution in [-0.4, -0.2) is 50.0 Å². The summed E-state index contributed by atoms with van der Waals surface area (Å²) in [6.07, 6.45) is 2.95. The molecule has 7 nitrogen and oxygen atoms in total. The second-order valence-electron chi connectivity index (χ2n) is 10.3. The van der Waals surface area contributed by atoms with Crippen molar-refractivity contribution in [3.05, 3.63) is 101 Å². The number of sulfonamides is 1. The van der Waals surface area contributed by atoms with Crippen LogP contribution < -0.4 is 9.62 Å². The minimum absolute atomic E-state index is 0.0775. The molecule has 8 heteroatoms. The van der Waals surface area contributed by atoms with Gasteiger partial charge in [0.25, 0.3) is 0 Å². The molecular formula is C32H41N3O4S. The largest absolute Gasteiger partial charge is 0.352 e. The Morgan fingerprint density at radius 2 is 1.52 bits per heavy atom. The topological polar surface area (TPSA) is 86.8 Å². The van der Waals surface area contributed by atoms with E-state index in [1.807, 2.05) is 94.4 Å². The quantitative estimate of drug-likeness (QED) is 0.321. The highest BCUT2D eigenvalue weighted by atomic mass is 32.2. The van der Waals surface area contributed by atoms with Gasteiger partial charge in [0.05, 0.1) is 11.9 Å². The van der Waals surface area contributed by atoms with Crippen LogP contribution in [0.3, 0.4) is 0 Å². The Hall–Kier alpha value is -3.65. The zero-order valence-corrected chi connectivity index (χ0v) is 24.9. The lowest BCUT2D eigenvalue weighted by Gasteiger charge is -2.34. The third kappa shape index (κ3) is 8.68. The lowest BCUT2D eigenvalue weighted by Crippen LogP contribution is -2.54. The van der Waals surface area contributed by atoms with Crippen LogP contribution in [0.15, 0.2) is 78.9 Å². The highest BCUT2D eigenvalue weighted by molar-refractivity contribution is 7.92. The van der Waals surface area contributed by atoms with Crippen molar-refractivity contribution in [1.29, 1.82) is 0 Å². The van der Waals surface area contributed by atoms with Gasteiger partial charge in [0.1, 0.15) is 12.6 Å². The number of amides is 2. The molecule has 0 radical (unpaired) electrons. The lowest BCUT2D eigenvalue weighted by molar-refractivity contribution is -0.140. The highest BCUT2D eigenvalue weighted by Gasteiger charge is 2.33. The van der Waals surface area contributed by atoms with Crippen LogP contribution in [0.25, 0.3) is 0 Å². The average molecular weight is 564 g/mol. The number of nitrogens with one attached hydrogen (secondary N) is 1. The first-order chi connectivity index (χ1) is 19.0. The zero-order chi connectivity index (χ0) is 29.3. The summed E-state index contributed by atoms with van der Waals surface area (Å²) in [6.45, 7) is 7.65. The van der Waals surface area contributed by atoms with Crippen molar-refractivity contribution in [1.82, 2.24) is 10.2 Å². The molecule has 2 amide bonds. The summed E-state index contributed by atoms with van der Waals surface area (Å²) in [5.41, 5.74) is 4.27. The average Bonchev–Trinajstić information content (AvgIpc) is 2.93. The molecule has 0 saturated heterocycles. The van der Waals surface area contributed by atoms with E-state index in [9.17, 15) is 18.0 Å². The van der Waals surface area contributed by atoms with Gasteiger partial charge in [-0.2, -0.15) is 0 Å². The molecule has 3 rings (SSSR count). The highest BCUT2D eigenvalue weighted by Crippen LogP contribution is 2.21. The summed E-state index contributed by atoms with van der Waals surface area (Å²) in [4.78, 5) is 29.3. The molecule has 40 heavy (non-hydrogen) atoms. The number of hydrogen-bond donors (Lipinski definition) is 1. The third-order valence-corrected chi connectivity index (χ3v) is 8.16. The van der Waals surface area contributed by atoms with Crippen molar-refractivity contribution in [3.8, 4) is 0 Å². The van der Waals surface area contributed by atoms with Crippen LogP contribution in [-0.2, 0) is 39.0 Å². The van der Waals surface area contributed by atoms with Gasteiger partial charge < -0.3 is 10.2 Å². The predicted molar refractivity (Wildman–Crippen MR) is 162 cm³/mol. The van der Waals surface area contributed by atoms with Crippen LogP contribution in [0.1, 0.15) is 49.4 Å². The first-order valence-corrected chi connectivity index (χ1v) is 15.6. The fraction of sp³-hybridized carbons (Fsp3) is 0.375. The molecule has 0 unspecified atom stereocenters. The van der Waals surface area contributed by atoms with Crippen molar-refractivity contribution >= 4 is 27.5 Å². The van der Waals surface area contributed by atoms with Crippen molar-refractivity contribution in [2.24, 2.45) is 0 Å². The van der Waals surface area contributed by atoms with Gasteiger partial charge in [-0.1, -0.05) is 86.1 Å². The molecule has 3 aromatic rings. The molecule has 0 aliphatic carbocycles. The summed E-state index contributed by atoms with van der Waals surface area (Å²) in [5.74, 6) is -0.718. The third-order valence-electron chi connectivity index (χ3n) is 7.02. The molecule has 0 bridgehead atoms. The Balaban J connectivity index is 2.05. The molecule has 0 aliphatic heterocycles. The second-order valence-corrected chi connectivity index (χ2v) is 12.2. The van der Waals surface area contributed by atoms with Crippen LogP contribution in [0.4, 0.5) is 5.69 Å². The number of rotatable bonds is 13. The number of carbonyl (C=O) groups is 2. The normalized spacial score (nSPS) is 12.8. The lowest BCUT2D eigenvalue weighted by atomic mass is 10.0. The van der Waals surface area contributed by atoms with Crippen molar-refractivity contribution in [3.63, 3.8) is 0 Å². The summed E-state index contributed by atoms with van der Waals surface area (Å²) >= 11 is 0. The minimum atomic E-state index is -3.79. The van der Waals surface area contributed by atoms with Crippen LogP contribution in [0, 0.1) is 6.92 Å². The molecular weight excluding hydrogens is 522 g/mol. The molecule has 3 aromatic carbocycles. The van der Waals surface area contributed by atoms with Crippen molar-refractivity contribution < 1.29 is 18.0 Å². The van der Waals surface area contributed by atoms with E-state index in [0.717, 1.165) is 45.7 Å². The molecule has 1 N–H and O–H groups in total. The maximum atomic E-state index is 14.1. The first-order valence-electron chi connectivity index (χ1n) is 13.8. The number of benzene rings is 3. The molecule has 0 aromatic heterocycles. The maximum absolute atomic E-state index is 14.1. The van der Waals surface area contributed by atoms with E-state index in [1.54, 1.807) is 12.1 Å². The number of hydrogen-bond acceptors (Lipinski definition) is 4. The van der Waals surface area contributed by atoms with Gasteiger partial charge in [0.2, 0.25) is 21.8 Å². The van der Waals surface area contributed by atoms with Gasteiger partial charge >= 0.3 is 0 Å². The molecule has 0 spiro atoms. The Labute approximate surface area is 239 Å². The molecule has 214 valence electrons. The van der Waals surface area contributed by atoms with Gasteiger partial charge in [-0.15, -0.1) is 0 Å². The minimum Gasteiger partial charge on any atom is -0.352 e. The first kappa shape index (κ1) is 30.9. The number of anilines is 1. The standard InChI is InChI=1S/C32H41N3O4S/c1-6-25(4)33-32(37)30(21-27-13-9-8-10-14-27)34(22-28-15-11-12-24(3)20-28)31(36)23-35(40(5,38)39)29-18-16-26(7-2)17-19-29/h8-20,25,30H,6-7,21-23H2,1-5H3,(H,33,37)/t25-,30-/m0/s1. The summed E-state index contributed by atoms with van der Waals surface area (Å²) in [7, 11) is -3.79. The number of nitrogens with zero attached hydrogens (tertiary/aromatic N) is 2. The fourth-order valence-corrected chi connectivity index (χ4v) is 5.36. The Morgan fingerprint density at radius 1 is 0.875 bits per heavy atom. The zero-order valence-electron chi connectivity index (χ0n) is 24.1. The van der Waals surface area contributed by atoms with E-state index >= 15 is 0 Å². The smallest absolute Gasteiger partial charge is 0.244 e. The van der Waals surface area contributed by atoms with E-state index in [4.69, 9.17) is 0 Å². The summed E-state index contributed by atoms with van der Waals surface area (Å²) in [5, 5.41) is 3.05. The van der Waals surface area contributed by atoms with E-state index in [0.29, 0.717) is 12.1 Å². The van der Waals surface area contributed by atoms with E-state index < -0.39 is 28.5 Å². The molecule has 0 fully saturated rings. The fourth-order valence-electron chi connectivity index (χ4n) is 4.51. The Morgan fingerprint density at radius 3 is 2.10 bits per heavy atom. The van der Waals surface area contributed by atoms with E-state index in [2.05, 4.69) is 5.32 Å². The van der Waals surface area contributed by atoms with E-state index in [1.165, 1.54) is 4.90 Å². The van der Waals surface area contributed by atoms with Crippen LogP contribution in [0.2, 0.25) is 0 Å².